The Kier molecular flexibility index (Phi) is 3.42. The second-order valence-corrected chi connectivity index (χ2v) is 2.58. The summed E-state index contributed by atoms with van der Waals surface area (Å²) in [6.07, 6.45) is 0. The molecule has 4 nitrogen and oxygen atoms in total. The number of hydroxylamine groups is 1. The summed E-state index contributed by atoms with van der Waals surface area (Å²) in [7, 11) is 0. The molecule has 1 atom stereocenters. The number of hydrogen-bond acceptors (Lipinski definition) is 4. The van der Waals surface area contributed by atoms with E-state index in [1.807, 2.05) is 11.5 Å². The number of benzene rings is 1. The van der Waals surface area contributed by atoms with Gasteiger partial charge in [-0.15, -0.1) is 0 Å². The van der Waals surface area contributed by atoms with E-state index in [-0.39, 0.29) is 0 Å². The van der Waals surface area contributed by atoms with Gasteiger partial charge in [0.1, 0.15) is 11.8 Å². The number of para-hydroxylation sites is 1. The van der Waals surface area contributed by atoms with Crippen molar-refractivity contribution in [2.75, 3.05) is 0 Å². The number of carbonyl (C=O) groups excluding carboxylic acids is 1. The van der Waals surface area contributed by atoms with Crippen LogP contribution in [0.5, 0.6) is 5.75 Å². The number of esters is 1. The van der Waals surface area contributed by atoms with Crippen LogP contribution in [0.1, 0.15) is 6.92 Å². The average molecular weight is 181 g/mol. The van der Waals surface area contributed by atoms with Crippen molar-refractivity contribution in [1.82, 2.24) is 5.48 Å². The second kappa shape index (κ2) is 4.59. The fraction of sp³-hybridized carbons (Fsp3) is 0.222. The summed E-state index contributed by atoms with van der Waals surface area (Å²) in [6.45, 7) is 1.51. The molecular weight excluding hydrogens is 170 g/mol. The molecule has 1 rings (SSSR count). The topological polar surface area (TPSA) is 58.6 Å². The first-order chi connectivity index (χ1) is 6.24. The molecule has 0 aliphatic carbocycles. The van der Waals surface area contributed by atoms with Gasteiger partial charge in [0.2, 0.25) is 0 Å². The summed E-state index contributed by atoms with van der Waals surface area (Å²) in [6, 6.07) is 7.97. The molecule has 70 valence electrons. The first-order valence-corrected chi connectivity index (χ1v) is 3.90. The Labute approximate surface area is 76.1 Å². The molecule has 4 heteroatoms. The van der Waals surface area contributed by atoms with Gasteiger partial charge in [-0.2, -0.15) is 5.48 Å². The van der Waals surface area contributed by atoms with Gasteiger partial charge in [0.15, 0.2) is 0 Å². The standard InChI is InChI=1S/C9H11NO3/c1-7(10-12)9(11)13-8-5-3-2-4-6-8/h2-7,10,12H,1H3/t7-/m0/s1. The van der Waals surface area contributed by atoms with Gasteiger partial charge in [0.05, 0.1) is 0 Å². The lowest BCUT2D eigenvalue weighted by atomic mass is 10.3. The van der Waals surface area contributed by atoms with Crippen molar-refractivity contribution < 1.29 is 14.7 Å². The Morgan fingerprint density at radius 2 is 2.08 bits per heavy atom. The lowest BCUT2D eigenvalue weighted by Gasteiger charge is -2.08. The summed E-state index contributed by atoms with van der Waals surface area (Å²) < 4.78 is 4.91. The van der Waals surface area contributed by atoms with Gasteiger partial charge >= 0.3 is 5.97 Å². The quantitative estimate of drug-likeness (QED) is 0.414. The normalized spacial score (nSPS) is 12.2. The summed E-state index contributed by atoms with van der Waals surface area (Å²) in [5, 5.41) is 8.43. The van der Waals surface area contributed by atoms with Crippen molar-refractivity contribution in [1.29, 1.82) is 0 Å². The molecule has 0 radical (unpaired) electrons. The van der Waals surface area contributed by atoms with Crippen molar-refractivity contribution in [3.05, 3.63) is 30.3 Å². The molecule has 0 unspecified atom stereocenters. The first-order valence-electron chi connectivity index (χ1n) is 3.90. The lowest BCUT2D eigenvalue weighted by molar-refractivity contribution is -0.138. The van der Waals surface area contributed by atoms with Gasteiger partial charge in [-0.1, -0.05) is 18.2 Å². The van der Waals surface area contributed by atoms with Gasteiger partial charge < -0.3 is 9.94 Å². The first kappa shape index (κ1) is 9.70. The van der Waals surface area contributed by atoms with Crippen LogP contribution in [-0.2, 0) is 4.79 Å². The summed E-state index contributed by atoms with van der Waals surface area (Å²) >= 11 is 0. The maximum atomic E-state index is 11.1. The predicted molar refractivity (Wildman–Crippen MR) is 46.5 cm³/mol. The van der Waals surface area contributed by atoms with E-state index in [4.69, 9.17) is 9.94 Å². The fourth-order valence-electron chi connectivity index (χ4n) is 0.746. The third kappa shape index (κ3) is 2.85. The average Bonchev–Trinajstić information content (AvgIpc) is 2.18. The molecule has 0 aromatic heterocycles. The van der Waals surface area contributed by atoms with Crippen molar-refractivity contribution in [2.24, 2.45) is 0 Å². The lowest BCUT2D eigenvalue weighted by Crippen LogP contribution is -2.34. The zero-order valence-electron chi connectivity index (χ0n) is 7.23. The van der Waals surface area contributed by atoms with Gasteiger partial charge in [-0.3, -0.25) is 0 Å². The number of rotatable bonds is 3. The molecule has 0 bridgehead atoms. The molecule has 1 aromatic rings. The Hall–Kier alpha value is -1.39. The van der Waals surface area contributed by atoms with Crippen LogP contribution in [0.4, 0.5) is 0 Å². The van der Waals surface area contributed by atoms with Gasteiger partial charge in [-0.25, -0.2) is 4.79 Å². The second-order valence-electron chi connectivity index (χ2n) is 2.58. The number of nitrogens with one attached hydrogen (secondary N) is 1. The molecule has 0 aliphatic heterocycles. The van der Waals surface area contributed by atoms with E-state index >= 15 is 0 Å². The SMILES string of the molecule is C[C@H](NO)C(=O)Oc1ccccc1. The molecule has 0 aliphatic rings. The molecule has 0 saturated heterocycles. The minimum Gasteiger partial charge on any atom is -0.425 e. The molecule has 2 N–H and O–H groups in total. The van der Waals surface area contributed by atoms with E-state index in [2.05, 4.69) is 0 Å². The third-order valence-corrected chi connectivity index (χ3v) is 1.51. The Morgan fingerprint density at radius 3 is 2.62 bits per heavy atom. The van der Waals surface area contributed by atoms with Crippen molar-refractivity contribution in [3.63, 3.8) is 0 Å². The third-order valence-electron chi connectivity index (χ3n) is 1.51. The Balaban J connectivity index is 2.55. The van der Waals surface area contributed by atoms with Crippen LogP contribution in [0, 0.1) is 0 Å². The van der Waals surface area contributed by atoms with E-state index in [1.165, 1.54) is 6.92 Å². The monoisotopic (exact) mass is 181 g/mol. The molecule has 0 amide bonds. The van der Waals surface area contributed by atoms with Crippen molar-refractivity contribution >= 4 is 5.97 Å². The Bertz CT molecular complexity index is 273. The maximum Gasteiger partial charge on any atom is 0.330 e. The van der Waals surface area contributed by atoms with E-state index in [1.54, 1.807) is 24.3 Å². The molecule has 1 aromatic carbocycles. The smallest absolute Gasteiger partial charge is 0.330 e. The maximum absolute atomic E-state index is 11.1. The zero-order chi connectivity index (χ0) is 9.68. The van der Waals surface area contributed by atoms with Gasteiger partial charge in [-0.05, 0) is 19.1 Å². The van der Waals surface area contributed by atoms with Crippen molar-refractivity contribution in [2.45, 2.75) is 13.0 Å². The Morgan fingerprint density at radius 1 is 1.46 bits per heavy atom. The highest BCUT2D eigenvalue weighted by Gasteiger charge is 2.13. The molecule has 0 heterocycles. The van der Waals surface area contributed by atoms with Crippen LogP contribution in [-0.4, -0.2) is 17.2 Å². The van der Waals surface area contributed by atoms with Gasteiger partial charge in [0.25, 0.3) is 0 Å². The largest absolute Gasteiger partial charge is 0.425 e. The highest BCUT2D eigenvalue weighted by atomic mass is 16.5. The van der Waals surface area contributed by atoms with E-state index in [0.29, 0.717) is 5.75 Å². The van der Waals surface area contributed by atoms with E-state index in [9.17, 15) is 4.79 Å². The number of ether oxygens (including phenoxy) is 1. The van der Waals surface area contributed by atoms with E-state index < -0.39 is 12.0 Å². The predicted octanol–water partition coefficient (Wildman–Crippen LogP) is 0.959. The molecule has 0 fully saturated rings. The highest BCUT2D eigenvalue weighted by Crippen LogP contribution is 2.08. The van der Waals surface area contributed by atoms with Crippen LogP contribution in [0.15, 0.2) is 30.3 Å². The molecule has 13 heavy (non-hydrogen) atoms. The zero-order valence-corrected chi connectivity index (χ0v) is 7.23. The summed E-state index contributed by atoms with van der Waals surface area (Å²) in [5.41, 5.74) is 1.81. The van der Waals surface area contributed by atoms with Crippen molar-refractivity contribution in [3.8, 4) is 5.75 Å². The van der Waals surface area contributed by atoms with E-state index in [0.717, 1.165) is 0 Å². The highest BCUT2D eigenvalue weighted by molar-refractivity contribution is 5.77. The van der Waals surface area contributed by atoms with Crippen LogP contribution < -0.4 is 10.2 Å². The van der Waals surface area contributed by atoms with Crippen LogP contribution in [0.3, 0.4) is 0 Å². The summed E-state index contributed by atoms with van der Waals surface area (Å²) in [4.78, 5) is 11.1. The minimum atomic E-state index is -0.722. The number of hydrogen-bond donors (Lipinski definition) is 2. The molecule has 0 spiro atoms. The number of carbonyl (C=O) groups is 1. The molecule has 0 saturated carbocycles. The van der Waals surface area contributed by atoms with Crippen LogP contribution in [0.25, 0.3) is 0 Å². The van der Waals surface area contributed by atoms with Crippen LogP contribution >= 0.6 is 0 Å². The molecular formula is C9H11NO3. The van der Waals surface area contributed by atoms with Crippen LogP contribution in [0.2, 0.25) is 0 Å². The fourth-order valence-corrected chi connectivity index (χ4v) is 0.746. The minimum absolute atomic E-state index is 0.467. The summed E-state index contributed by atoms with van der Waals surface area (Å²) in [5.74, 6) is -0.0525. The van der Waals surface area contributed by atoms with Gasteiger partial charge in [0, 0.05) is 0 Å².